The number of hydrogen-bond donors (Lipinski definition) is 1. The molecule has 1 aliphatic rings. The molecule has 5 heteroatoms. The topological polar surface area (TPSA) is 56.8 Å². The van der Waals surface area contributed by atoms with E-state index in [0.717, 1.165) is 0 Å². The fourth-order valence-corrected chi connectivity index (χ4v) is 2.27. The minimum absolute atomic E-state index is 0.0269. The Labute approximate surface area is 112 Å². The number of benzene rings is 1. The summed E-state index contributed by atoms with van der Waals surface area (Å²) in [5.74, 6) is 1.23. The molecule has 1 aromatic carbocycles. The van der Waals surface area contributed by atoms with Gasteiger partial charge in [0.2, 0.25) is 0 Å². The van der Waals surface area contributed by atoms with Gasteiger partial charge in [0.15, 0.2) is 5.78 Å². The van der Waals surface area contributed by atoms with Crippen LogP contribution in [0.5, 0.6) is 11.5 Å². The second kappa shape index (κ2) is 6.04. The average Bonchev–Trinajstić information content (AvgIpc) is 2.94. The summed E-state index contributed by atoms with van der Waals surface area (Å²) in [6.45, 7) is 0.700. The Hall–Kier alpha value is -1.59. The van der Waals surface area contributed by atoms with E-state index in [1.165, 1.54) is 0 Å². The van der Waals surface area contributed by atoms with Crippen LogP contribution in [0.25, 0.3) is 0 Å². The molecule has 1 fully saturated rings. The van der Waals surface area contributed by atoms with E-state index in [0.29, 0.717) is 30.0 Å². The molecule has 1 heterocycles. The molecule has 5 nitrogen and oxygen atoms in total. The van der Waals surface area contributed by atoms with Crippen LogP contribution in [0.3, 0.4) is 0 Å². The van der Waals surface area contributed by atoms with Crippen molar-refractivity contribution in [3.05, 3.63) is 23.8 Å². The van der Waals surface area contributed by atoms with Crippen molar-refractivity contribution in [3.63, 3.8) is 0 Å². The van der Waals surface area contributed by atoms with Crippen molar-refractivity contribution < 1.29 is 19.0 Å². The van der Waals surface area contributed by atoms with Crippen LogP contribution in [-0.2, 0) is 4.74 Å². The summed E-state index contributed by atoms with van der Waals surface area (Å²) in [6.07, 6.45) is 0.781. The summed E-state index contributed by atoms with van der Waals surface area (Å²) in [5, 5.41) is 3.17. The Balaban J connectivity index is 2.19. The molecule has 0 aliphatic carbocycles. The van der Waals surface area contributed by atoms with Crippen molar-refractivity contribution in [2.75, 3.05) is 27.9 Å². The number of carbonyl (C=O) groups excluding carboxylic acids is 1. The highest BCUT2D eigenvalue weighted by molar-refractivity contribution is 6.02. The van der Waals surface area contributed by atoms with Crippen molar-refractivity contribution in [1.29, 1.82) is 0 Å². The van der Waals surface area contributed by atoms with Crippen molar-refractivity contribution in [2.45, 2.75) is 18.6 Å². The van der Waals surface area contributed by atoms with Crippen LogP contribution in [0, 0.1) is 0 Å². The standard InChI is InChI=1S/C14H19NO4/c1-17-9-4-5-11(13(7-9)19-3)14(16)12-6-10(18-2)8-15-12/h4-5,7,10,12,15H,6,8H2,1-3H3. The lowest BCUT2D eigenvalue weighted by Gasteiger charge is -2.13. The molecule has 1 saturated heterocycles. The highest BCUT2D eigenvalue weighted by Crippen LogP contribution is 2.27. The van der Waals surface area contributed by atoms with Gasteiger partial charge < -0.3 is 19.5 Å². The van der Waals surface area contributed by atoms with E-state index < -0.39 is 0 Å². The summed E-state index contributed by atoms with van der Waals surface area (Å²) < 4.78 is 15.6. The molecule has 0 spiro atoms. The van der Waals surface area contributed by atoms with Gasteiger partial charge in [-0.2, -0.15) is 0 Å². The lowest BCUT2D eigenvalue weighted by Crippen LogP contribution is -2.31. The Morgan fingerprint density at radius 1 is 1.26 bits per heavy atom. The zero-order valence-corrected chi connectivity index (χ0v) is 11.4. The molecule has 1 N–H and O–H groups in total. The summed E-state index contributed by atoms with van der Waals surface area (Å²) in [7, 11) is 4.79. The number of rotatable bonds is 5. The first-order valence-corrected chi connectivity index (χ1v) is 6.22. The number of carbonyl (C=O) groups is 1. The lowest BCUT2D eigenvalue weighted by molar-refractivity contribution is 0.0916. The third-order valence-corrected chi connectivity index (χ3v) is 3.41. The zero-order valence-electron chi connectivity index (χ0n) is 11.4. The molecule has 1 aliphatic heterocycles. The Morgan fingerprint density at radius 2 is 2.05 bits per heavy atom. The van der Waals surface area contributed by atoms with Crippen LogP contribution in [0.15, 0.2) is 18.2 Å². The molecule has 0 bridgehead atoms. The second-order valence-corrected chi connectivity index (χ2v) is 4.48. The third kappa shape index (κ3) is 2.88. The molecule has 0 radical (unpaired) electrons. The number of nitrogens with one attached hydrogen (secondary N) is 1. The van der Waals surface area contributed by atoms with Gasteiger partial charge in [-0.3, -0.25) is 4.79 Å². The van der Waals surface area contributed by atoms with E-state index in [1.807, 2.05) is 0 Å². The van der Waals surface area contributed by atoms with Crippen molar-refractivity contribution >= 4 is 5.78 Å². The molecule has 0 amide bonds. The quantitative estimate of drug-likeness (QED) is 0.812. The zero-order chi connectivity index (χ0) is 13.8. The van der Waals surface area contributed by atoms with Gasteiger partial charge in [-0.05, 0) is 18.6 Å². The highest BCUT2D eigenvalue weighted by atomic mass is 16.5. The monoisotopic (exact) mass is 265 g/mol. The van der Waals surface area contributed by atoms with Gasteiger partial charge >= 0.3 is 0 Å². The first kappa shape index (κ1) is 13.8. The minimum Gasteiger partial charge on any atom is -0.497 e. The van der Waals surface area contributed by atoms with Gasteiger partial charge in [-0.15, -0.1) is 0 Å². The Morgan fingerprint density at radius 3 is 2.63 bits per heavy atom. The van der Waals surface area contributed by atoms with E-state index >= 15 is 0 Å². The van der Waals surface area contributed by atoms with Gasteiger partial charge in [0.25, 0.3) is 0 Å². The lowest BCUT2D eigenvalue weighted by atomic mass is 10.0. The number of ether oxygens (including phenoxy) is 3. The molecule has 104 valence electrons. The van der Waals surface area contributed by atoms with E-state index in [2.05, 4.69) is 5.32 Å². The summed E-state index contributed by atoms with van der Waals surface area (Å²) in [4.78, 5) is 12.4. The highest BCUT2D eigenvalue weighted by Gasteiger charge is 2.31. The molecule has 0 saturated carbocycles. The summed E-state index contributed by atoms with van der Waals surface area (Å²) in [5.41, 5.74) is 0.567. The smallest absolute Gasteiger partial charge is 0.183 e. The van der Waals surface area contributed by atoms with Gasteiger partial charge in [0, 0.05) is 19.7 Å². The molecule has 2 unspecified atom stereocenters. The molecule has 2 atom stereocenters. The number of ketones is 1. The predicted octanol–water partition coefficient (Wildman–Crippen LogP) is 1.26. The van der Waals surface area contributed by atoms with Gasteiger partial charge in [-0.25, -0.2) is 0 Å². The van der Waals surface area contributed by atoms with Crippen LogP contribution in [0.1, 0.15) is 16.8 Å². The number of hydrogen-bond acceptors (Lipinski definition) is 5. The van der Waals surface area contributed by atoms with Gasteiger partial charge in [0.1, 0.15) is 11.5 Å². The van der Waals surface area contributed by atoms with E-state index in [1.54, 1.807) is 39.5 Å². The van der Waals surface area contributed by atoms with Crippen LogP contribution in [0.4, 0.5) is 0 Å². The molecule has 1 aromatic rings. The SMILES string of the molecule is COc1ccc(C(=O)C2CC(OC)CN2)c(OC)c1. The van der Waals surface area contributed by atoms with Crippen LogP contribution in [0.2, 0.25) is 0 Å². The van der Waals surface area contributed by atoms with Gasteiger partial charge in [-0.1, -0.05) is 0 Å². The normalized spacial score (nSPS) is 22.3. The predicted molar refractivity (Wildman–Crippen MR) is 71.1 cm³/mol. The van der Waals surface area contributed by atoms with Gasteiger partial charge in [0.05, 0.1) is 31.9 Å². The number of methoxy groups -OCH3 is 3. The van der Waals surface area contributed by atoms with E-state index in [-0.39, 0.29) is 17.9 Å². The number of Topliss-reactive ketones (excluding diaryl/α,β-unsaturated/α-hetero) is 1. The molecular weight excluding hydrogens is 246 g/mol. The maximum absolute atomic E-state index is 12.4. The van der Waals surface area contributed by atoms with Crippen molar-refractivity contribution in [1.82, 2.24) is 5.32 Å². The third-order valence-electron chi connectivity index (χ3n) is 3.41. The van der Waals surface area contributed by atoms with E-state index in [4.69, 9.17) is 14.2 Å². The van der Waals surface area contributed by atoms with Crippen molar-refractivity contribution in [3.8, 4) is 11.5 Å². The first-order chi connectivity index (χ1) is 9.19. The first-order valence-electron chi connectivity index (χ1n) is 6.22. The largest absolute Gasteiger partial charge is 0.497 e. The molecule has 19 heavy (non-hydrogen) atoms. The Kier molecular flexibility index (Phi) is 4.39. The fraction of sp³-hybridized carbons (Fsp3) is 0.500. The van der Waals surface area contributed by atoms with Crippen LogP contribution in [-0.4, -0.2) is 45.8 Å². The minimum atomic E-state index is -0.216. The molecule has 0 aromatic heterocycles. The average molecular weight is 265 g/mol. The van der Waals surface area contributed by atoms with E-state index in [9.17, 15) is 4.79 Å². The Bertz CT molecular complexity index is 461. The second-order valence-electron chi connectivity index (χ2n) is 4.48. The summed E-state index contributed by atoms with van der Waals surface area (Å²) in [6, 6.07) is 5.00. The van der Waals surface area contributed by atoms with Crippen LogP contribution < -0.4 is 14.8 Å². The summed E-state index contributed by atoms with van der Waals surface area (Å²) >= 11 is 0. The van der Waals surface area contributed by atoms with Crippen molar-refractivity contribution in [2.24, 2.45) is 0 Å². The maximum Gasteiger partial charge on any atom is 0.183 e. The maximum atomic E-state index is 12.4. The molecular formula is C14H19NO4. The fourth-order valence-electron chi connectivity index (χ4n) is 2.27. The van der Waals surface area contributed by atoms with Crippen LogP contribution >= 0.6 is 0 Å². The molecule has 2 rings (SSSR count).